The van der Waals surface area contributed by atoms with Gasteiger partial charge in [-0.25, -0.2) is 5.01 Å². The van der Waals surface area contributed by atoms with E-state index in [0.717, 1.165) is 36.7 Å². The topological polar surface area (TPSA) is 18.8 Å². The highest BCUT2D eigenvalue weighted by Gasteiger charge is 2.22. The maximum Gasteiger partial charge on any atom is 0.192 e. The summed E-state index contributed by atoms with van der Waals surface area (Å²) in [5.41, 5.74) is 1.10. The van der Waals surface area contributed by atoms with E-state index in [1.54, 1.807) is 0 Å². The smallest absolute Gasteiger partial charge is 0.192 e. The second-order valence-electron chi connectivity index (χ2n) is 4.05. The second-order valence-corrected chi connectivity index (χ2v) is 4.41. The SMILES string of the molecule is CCCN1CCN(N=Cc2ccccc2)C1=S. The molecule has 0 unspecified atom stereocenters. The number of nitrogens with zero attached hydrogens (tertiary/aromatic N) is 3. The van der Waals surface area contributed by atoms with Crippen molar-refractivity contribution < 1.29 is 0 Å². The first kappa shape index (κ1) is 12.0. The molecule has 1 aromatic carbocycles. The van der Waals surface area contributed by atoms with Crippen molar-refractivity contribution in [2.24, 2.45) is 5.10 Å². The summed E-state index contributed by atoms with van der Waals surface area (Å²) in [5, 5.41) is 7.18. The van der Waals surface area contributed by atoms with Gasteiger partial charge in [0.1, 0.15) is 0 Å². The van der Waals surface area contributed by atoms with E-state index >= 15 is 0 Å². The van der Waals surface area contributed by atoms with Crippen LogP contribution in [0.2, 0.25) is 0 Å². The zero-order valence-electron chi connectivity index (χ0n) is 10.0. The Morgan fingerprint density at radius 3 is 2.76 bits per heavy atom. The summed E-state index contributed by atoms with van der Waals surface area (Å²) in [6, 6.07) is 10.1. The van der Waals surface area contributed by atoms with Crippen LogP contribution in [0.3, 0.4) is 0 Å². The van der Waals surface area contributed by atoms with Crippen LogP contribution in [-0.2, 0) is 0 Å². The number of rotatable bonds is 4. The van der Waals surface area contributed by atoms with Gasteiger partial charge < -0.3 is 4.90 Å². The van der Waals surface area contributed by atoms with Crippen LogP contribution in [0.15, 0.2) is 35.4 Å². The van der Waals surface area contributed by atoms with Gasteiger partial charge in [-0.3, -0.25) is 0 Å². The van der Waals surface area contributed by atoms with Gasteiger partial charge in [-0.2, -0.15) is 5.10 Å². The van der Waals surface area contributed by atoms with Gasteiger partial charge >= 0.3 is 0 Å². The number of thiocarbonyl (C=S) groups is 1. The quantitative estimate of drug-likeness (QED) is 0.601. The van der Waals surface area contributed by atoms with E-state index in [-0.39, 0.29) is 0 Å². The summed E-state index contributed by atoms with van der Waals surface area (Å²) in [5.74, 6) is 0. The summed E-state index contributed by atoms with van der Waals surface area (Å²) in [4.78, 5) is 2.21. The van der Waals surface area contributed by atoms with Crippen molar-refractivity contribution in [2.45, 2.75) is 13.3 Å². The molecule has 1 heterocycles. The van der Waals surface area contributed by atoms with E-state index in [2.05, 4.69) is 16.9 Å². The monoisotopic (exact) mass is 247 g/mol. The summed E-state index contributed by atoms with van der Waals surface area (Å²) >= 11 is 5.38. The van der Waals surface area contributed by atoms with Gasteiger partial charge in [-0.05, 0) is 24.2 Å². The zero-order chi connectivity index (χ0) is 12.1. The molecule has 1 aromatic rings. The maximum atomic E-state index is 5.38. The molecule has 0 radical (unpaired) electrons. The van der Waals surface area contributed by atoms with Crippen molar-refractivity contribution in [1.82, 2.24) is 9.91 Å². The van der Waals surface area contributed by atoms with Crippen molar-refractivity contribution >= 4 is 23.5 Å². The molecule has 90 valence electrons. The average molecular weight is 247 g/mol. The third kappa shape index (κ3) is 3.03. The summed E-state index contributed by atoms with van der Waals surface area (Å²) in [6.07, 6.45) is 2.98. The van der Waals surface area contributed by atoms with E-state index in [4.69, 9.17) is 12.2 Å². The third-order valence-electron chi connectivity index (χ3n) is 2.71. The molecule has 0 saturated carbocycles. The first-order valence-electron chi connectivity index (χ1n) is 5.96. The Balaban J connectivity index is 1.97. The molecule has 1 aliphatic heterocycles. The van der Waals surface area contributed by atoms with E-state index in [1.807, 2.05) is 41.6 Å². The lowest BCUT2D eigenvalue weighted by atomic mass is 10.2. The molecule has 3 nitrogen and oxygen atoms in total. The zero-order valence-corrected chi connectivity index (χ0v) is 10.9. The summed E-state index contributed by atoms with van der Waals surface area (Å²) in [6.45, 7) is 5.07. The fourth-order valence-electron chi connectivity index (χ4n) is 1.83. The van der Waals surface area contributed by atoms with E-state index < -0.39 is 0 Å². The molecular weight excluding hydrogens is 230 g/mol. The Kier molecular flexibility index (Phi) is 4.09. The van der Waals surface area contributed by atoms with Gasteiger partial charge in [0.05, 0.1) is 12.8 Å². The molecule has 0 aromatic heterocycles. The Labute approximate surface area is 108 Å². The van der Waals surface area contributed by atoms with Crippen molar-refractivity contribution in [3.8, 4) is 0 Å². The average Bonchev–Trinajstić information content (AvgIpc) is 2.70. The number of hydrazone groups is 1. The van der Waals surface area contributed by atoms with Gasteiger partial charge in [0, 0.05) is 13.1 Å². The Bertz CT molecular complexity index is 402. The van der Waals surface area contributed by atoms with Gasteiger partial charge in [0.2, 0.25) is 0 Å². The summed E-state index contributed by atoms with van der Waals surface area (Å²) < 4.78 is 0. The molecule has 0 spiro atoms. The first-order valence-corrected chi connectivity index (χ1v) is 6.37. The van der Waals surface area contributed by atoms with Crippen LogP contribution in [0.4, 0.5) is 0 Å². The van der Waals surface area contributed by atoms with Crippen molar-refractivity contribution in [3.63, 3.8) is 0 Å². The third-order valence-corrected chi connectivity index (χ3v) is 3.18. The van der Waals surface area contributed by atoms with E-state index in [0.29, 0.717) is 0 Å². The highest BCUT2D eigenvalue weighted by atomic mass is 32.1. The molecule has 2 rings (SSSR count). The van der Waals surface area contributed by atoms with Gasteiger partial charge in [0.25, 0.3) is 0 Å². The van der Waals surface area contributed by atoms with Crippen LogP contribution in [0.1, 0.15) is 18.9 Å². The van der Waals surface area contributed by atoms with Crippen molar-refractivity contribution in [1.29, 1.82) is 0 Å². The fourth-order valence-corrected chi connectivity index (χ4v) is 2.15. The second kappa shape index (κ2) is 5.77. The van der Waals surface area contributed by atoms with Crippen LogP contribution in [0, 0.1) is 0 Å². The first-order chi connectivity index (χ1) is 8.31. The molecule has 17 heavy (non-hydrogen) atoms. The molecule has 0 N–H and O–H groups in total. The van der Waals surface area contributed by atoms with E-state index in [9.17, 15) is 0 Å². The molecule has 0 bridgehead atoms. The van der Waals surface area contributed by atoms with Gasteiger partial charge in [-0.1, -0.05) is 37.3 Å². The lowest BCUT2D eigenvalue weighted by Crippen LogP contribution is -2.29. The lowest BCUT2D eigenvalue weighted by molar-refractivity contribution is 0.465. The minimum atomic E-state index is 0.846. The molecule has 0 atom stereocenters. The highest BCUT2D eigenvalue weighted by Crippen LogP contribution is 2.10. The molecule has 1 fully saturated rings. The van der Waals surface area contributed by atoms with Crippen LogP contribution >= 0.6 is 12.2 Å². The van der Waals surface area contributed by atoms with Crippen LogP contribution < -0.4 is 0 Å². The molecule has 0 amide bonds. The van der Waals surface area contributed by atoms with E-state index in [1.165, 1.54) is 0 Å². The van der Waals surface area contributed by atoms with Gasteiger partial charge in [-0.15, -0.1) is 0 Å². The molecule has 1 saturated heterocycles. The maximum absolute atomic E-state index is 5.38. The Morgan fingerprint density at radius 1 is 1.29 bits per heavy atom. The van der Waals surface area contributed by atoms with Crippen LogP contribution in [0.5, 0.6) is 0 Å². The number of hydrogen-bond donors (Lipinski definition) is 0. The van der Waals surface area contributed by atoms with Crippen molar-refractivity contribution in [3.05, 3.63) is 35.9 Å². The lowest BCUT2D eigenvalue weighted by Gasteiger charge is -2.17. The predicted octanol–water partition coefficient (Wildman–Crippen LogP) is 2.33. The largest absolute Gasteiger partial charge is 0.346 e. The van der Waals surface area contributed by atoms with Crippen molar-refractivity contribution in [2.75, 3.05) is 19.6 Å². The molecular formula is C13H17N3S. The minimum Gasteiger partial charge on any atom is -0.346 e. The molecule has 4 heteroatoms. The fraction of sp³-hybridized carbons (Fsp3) is 0.385. The minimum absolute atomic E-state index is 0.846. The molecule has 0 aliphatic carbocycles. The highest BCUT2D eigenvalue weighted by molar-refractivity contribution is 7.80. The van der Waals surface area contributed by atoms with Crippen LogP contribution in [-0.4, -0.2) is 40.9 Å². The standard InChI is InChI=1S/C13H17N3S/c1-2-8-15-9-10-16(13(15)17)14-11-12-6-4-3-5-7-12/h3-7,11H,2,8-10H2,1H3. The normalized spacial score (nSPS) is 16.2. The predicted molar refractivity (Wildman–Crippen MR) is 75.2 cm³/mol. The Hall–Kier alpha value is -1.42. The van der Waals surface area contributed by atoms with Gasteiger partial charge in [0.15, 0.2) is 5.11 Å². The van der Waals surface area contributed by atoms with Crippen LogP contribution in [0.25, 0.3) is 0 Å². The number of benzene rings is 1. The summed E-state index contributed by atoms with van der Waals surface area (Å²) in [7, 11) is 0. The molecule has 1 aliphatic rings. The number of hydrogen-bond acceptors (Lipinski definition) is 2. The Morgan fingerprint density at radius 2 is 2.06 bits per heavy atom.